The maximum atomic E-state index is 12.6. The Morgan fingerprint density at radius 3 is 2.67 bits per heavy atom. The van der Waals surface area contributed by atoms with Gasteiger partial charge in [-0.25, -0.2) is 4.79 Å². The van der Waals surface area contributed by atoms with Gasteiger partial charge < -0.3 is 19.5 Å². The van der Waals surface area contributed by atoms with Crippen molar-refractivity contribution in [1.82, 2.24) is 14.8 Å². The van der Waals surface area contributed by atoms with Gasteiger partial charge in [-0.2, -0.15) is 0 Å². The summed E-state index contributed by atoms with van der Waals surface area (Å²) in [4.78, 5) is 26.0. The first-order valence-corrected chi connectivity index (χ1v) is 8.36. The van der Waals surface area contributed by atoms with E-state index < -0.39 is 0 Å². The van der Waals surface area contributed by atoms with Crippen molar-refractivity contribution < 1.29 is 14.3 Å². The number of carbonyl (C=O) groups is 2. The number of fused-ring (bicyclic) bond motifs is 1. The molecule has 1 fully saturated rings. The summed E-state index contributed by atoms with van der Waals surface area (Å²) in [6.45, 7) is 3.41. The lowest BCUT2D eigenvalue weighted by atomic mass is 10.0. The van der Waals surface area contributed by atoms with Crippen LogP contribution in [-0.2, 0) is 11.8 Å². The van der Waals surface area contributed by atoms with Crippen LogP contribution in [0.25, 0.3) is 10.9 Å². The van der Waals surface area contributed by atoms with Gasteiger partial charge in [0.15, 0.2) is 0 Å². The van der Waals surface area contributed by atoms with E-state index in [1.165, 1.54) is 0 Å². The van der Waals surface area contributed by atoms with Gasteiger partial charge in [-0.15, -0.1) is 0 Å². The molecule has 0 spiro atoms. The standard InChI is InChI=1S/C18H23N3O3/c1-3-24-18(23)21-10-8-13(9-11-21)19-17(22)15-12-20(2)16-7-5-4-6-14(15)16/h4-7,12-13H,3,8-11H2,1-2H3,(H,19,22). The molecular weight excluding hydrogens is 306 g/mol. The molecule has 2 heterocycles. The van der Waals surface area contributed by atoms with Crippen LogP contribution in [0, 0.1) is 0 Å². The average molecular weight is 329 g/mol. The lowest BCUT2D eigenvalue weighted by Crippen LogP contribution is -2.46. The first-order valence-electron chi connectivity index (χ1n) is 8.36. The molecule has 0 saturated carbocycles. The summed E-state index contributed by atoms with van der Waals surface area (Å²) in [7, 11) is 1.94. The summed E-state index contributed by atoms with van der Waals surface area (Å²) in [5, 5.41) is 4.06. The third kappa shape index (κ3) is 3.22. The number of aromatic nitrogens is 1. The Morgan fingerprint density at radius 2 is 1.96 bits per heavy atom. The normalized spacial score (nSPS) is 15.5. The Bertz CT molecular complexity index is 745. The van der Waals surface area contributed by atoms with Crippen LogP contribution in [0.4, 0.5) is 4.79 Å². The fraction of sp³-hybridized carbons (Fsp3) is 0.444. The van der Waals surface area contributed by atoms with E-state index in [2.05, 4.69) is 5.32 Å². The van der Waals surface area contributed by atoms with Crippen LogP contribution in [0.1, 0.15) is 30.1 Å². The Balaban J connectivity index is 1.63. The summed E-state index contributed by atoms with van der Waals surface area (Å²) in [6.07, 6.45) is 3.09. The van der Waals surface area contributed by atoms with Gasteiger partial charge in [-0.05, 0) is 25.8 Å². The first-order chi connectivity index (χ1) is 11.6. The fourth-order valence-corrected chi connectivity index (χ4v) is 3.21. The topological polar surface area (TPSA) is 63.6 Å². The molecule has 128 valence electrons. The third-order valence-corrected chi connectivity index (χ3v) is 4.50. The summed E-state index contributed by atoms with van der Waals surface area (Å²) in [6, 6.07) is 7.96. The molecule has 1 aliphatic heterocycles. The summed E-state index contributed by atoms with van der Waals surface area (Å²) in [5.41, 5.74) is 1.74. The second-order valence-corrected chi connectivity index (χ2v) is 6.10. The fourth-order valence-electron chi connectivity index (χ4n) is 3.21. The van der Waals surface area contributed by atoms with Crippen molar-refractivity contribution in [3.05, 3.63) is 36.0 Å². The smallest absolute Gasteiger partial charge is 0.409 e. The number of aryl methyl sites for hydroxylation is 1. The molecule has 0 unspecified atom stereocenters. The molecule has 0 aliphatic carbocycles. The van der Waals surface area contributed by atoms with Gasteiger partial charge in [0, 0.05) is 43.3 Å². The maximum absolute atomic E-state index is 12.6. The Morgan fingerprint density at radius 1 is 1.25 bits per heavy atom. The number of hydrogen-bond acceptors (Lipinski definition) is 3. The van der Waals surface area contributed by atoms with Crippen molar-refractivity contribution in [3.63, 3.8) is 0 Å². The number of nitrogens with zero attached hydrogens (tertiary/aromatic N) is 2. The number of carbonyl (C=O) groups excluding carboxylic acids is 2. The number of amides is 2. The Hall–Kier alpha value is -2.50. The molecule has 0 bridgehead atoms. The van der Waals surface area contributed by atoms with Crippen LogP contribution in [-0.4, -0.2) is 47.2 Å². The predicted octanol–water partition coefficient (Wildman–Crippen LogP) is 2.53. The molecule has 1 saturated heterocycles. The highest BCUT2D eigenvalue weighted by Gasteiger charge is 2.25. The molecule has 6 nitrogen and oxygen atoms in total. The number of hydrogen-bond donors (Lipinski definition) is 1. The number of ether oxygens (including phenoxy) is 1. The quantitative estimate of drug-likeness (QED) is 0.941. The summed E-state index contributed by atoms with van der Waals surface area (Å²) in [5.74, 6) is -0.0543. The van der Waals surface area contributed by atoms with Gasteiger partial charge in [0.2, 0.25) is 0 Å². The molecule has 6 heteroatoms. The first kappa shape index (κ1) is 16.4. The number of likely N-dealkylation sites (tertiary alicyclic amines) is 1. The maximum Gasteiger partial charge on any atom is 0.409 e. The molecule has 1 aliphatic rings. The number of benzene rings is 1. The summed E-state index contributed by atoms with van der Waals surface area (Å²) < 4.78 is 6.98. The minimum atomic E-state index is -0.267. The van der Waals surface area contributed by atoms with Crippen molar-refractivity contribution in [3.8, 4) is 0 Å². The molecular formula is C18H23N3O3. The minimum Gasteiger partial charge on any atom is -0.450 e. The van der Waals surface area contributed by atoms with Crippen LogP contribution in [0.5, 0.6) is 0 Å². The largest absolute Gasteiger partial charge is 0.450 e. The molecule has 1 aromatic carbocycles. The van der Waals surface area contributed by atoms with E-state index in [-0.39, 0.29) is 18.0 Å². The van der Waals surface area contributed by atoms with E-state index in [0.717, 1.165) is 23.7 Å². The summed E-state index contributed by atoms with van der Waals surface area (Å²) >= 11 is 0. The average Bonchev–Trinajstić information content (AvgIpc) is 2.93. The van der Waals surface area contributed by atoms with Crippen molar-refractivity contribution in [2.24, 2.45) is 7.05 Å². The van der Waals surface area contributed by atoms with Crippen molar-refractivity contribution in [2.75, 3.05) is 19.7 Å². The van der Waals surface area contributed by atoms with Crippen LogP contribution in [0.15, 0.2) is 30.5 Å². The number of nitrogens with one attached hydrogen (secondary N) is 1. The van der Waals surface area contributed by atoms with E-state index in [4.69, 9.17) is 4.74 Å². The Labute approximate surface area is 141 Å². The molecule has 0 radical (unpaired) electrons. The molecule has 1 N–H and O–H groups in total. The van der Waals surface area contributed by atoms with E-state index in [1.807, 2.05) is 42.1 Å². The monoisotopic (exact) mass is 329 g/mol. The zero-order valence-electron chi connectivity index (χ0n) is 14.1. The van der Waals surface area contributed by atoms with E-state index in [9.17, 15) is 9.59 Å². The van der Waals surface area contributed by atoms with Crippen molar-refractivity contribution in [1.29, 1.82) is 0 Å². The van der Waals surface area contributed by atoms with E-state index in [1.54, 1.807) is 11.8 Å². The van der Waals surface area contributed by atoms with Crippen molar-refractivity contribution in [2.45, 2.75) is 25.8 Å². The number of rotatable bonds is 3. The molecule has 2 amide bonds. The number of piperidine rings is 1. The van der Waals surface area contributed by atoms with E-state index in [0.29, 0.717) is 25.3 Å². The second kappa shape index (κ2) is 6.95. The third-order valence-electron chi connectivity index (χ3n) is 4.50. The highest BCUT2D eigenvalue weighted by atomic mass is 16.6. The van der Waals surface area contributed by atoms with Gasteiger partial charge >= 0.3 is 6.09 Å². The van der Waals surface area contributed by atoms with Gasteiger partial charge in [0.1, 0.15) is 0 Å². The highest BCUT2D eigenvalue weighted by molar-refractivity contribution is 6.07. The SMILES string of the molecule is CCOC(=O)N1CCC(NC(=O)c2cn(C)c3ccccc23)CC1. The van der Waals surface area contributed by atoms with Crippen LogP contribution in [0.2, 0.25) is 0 Å². The van der Waals surface area contributed by atoms with Gasteiger partial charge in [-0.3, -0.25) is 4.79 Å². The number of para-hydroxylation sites is 1. The highest BCUT2D eigenvalue weighted by Crippen LogP contribution is 2.21. The zero-order chi connectivity index (χ0) is 17.1. The van der Waals surface area contributed by atoms with Crippen LogP contribution < -0.4 is 5.32 Å². The molecule has 1 aromatic heterocycles. The molecule has 3 rings (SSSR count). The molecule has 2 aromatic rings. The van der Waals surface area contributed by atoms with Crippen LogP contribution in [0.3, 0.4) is 0 Å². The Kier molecular flexibility index (Phi) is 4.74. The van der Waals surface area contributed by atoms with E-state index >= 15 is 0 Å². The van der Waals surface area contributed by atoms with Gasteiger partial charge in [-0.1, -0.05) is 18.2 Å². The molecule has 24 heavy (non-hydrogen) atoms. The van der Waals surface area contributed by atoms with Crippen molar-refractivity contribution >= 4 is 22.9 Å². The molecule has 0 atom stereocenters. The second-order valence-electron chi connectivity index (χ2n) is 6.10. The minimum absolute atomic E-state index is 0.0543. The zero-order valence-corrected chi connectivity index (χ0v) is 14.1. The van der Waals surface area contributed by atoms with Gasteiger partial charge in [0.25, 0.3) is 5.91 Å². The lowest BCUT2D eigenvalue weighted by molar-refractivity contribution is 0.0861. The van der Waals surface area contributed by atoms with Gasteiger partial charge in [0.05, 0.1) is 12.2 Å². The van der Waals surface area contributed by atoms with Crippen LogP contribution >= 0.6 is 0 Å². The lowest BCUT2D eigenvalue weighted by Gasteiger charge is -2.31. The predicted molar refractivity (Wildman–Crippen MR) is 92.0 cm³/mol.